The molecule has 0 aliphatic heterocycles. The summed E-state index contributed by atoms with van der Waals surface area (Å²) in [5.41, 5.74) is 1.61. The van der Waals surface area contributed by atoms with Crippen LogP contribution >= 0.6 is 15.9 Å². The van der Waals surface area contributed by atoms with Gasteiger partial charge in [0.25, 0.3) is 5.56 Å². The molecule has 1 aromatic heterocycles. The highest BCUT2D eigenvalue weighted by Gasteiger charge is 2.12. The van der Waals surface area contributed by atoms with E-state index < -0.39 is 0 Å². The van der Waals surface area contributed by atoms with E-state index in [0.717, 1.165) is 10.0 Å². The molecular formula is C20H20BrN3O2. The Bertz CT molecular complexity index is 996. The second kappa shape index (κ2) is 7.83. The Morgan fingerprint density at radius 3 is 2.62 bits per heavy atom. The molecule has 2 aromatic carbocycles. The molecule has 1 heterocycles. The molecule has 0 aliphatic carbocycles. The van der Waals surface area contributed by atoms with Crippen LogP contribution in [0.5, 0.6) is 0 Å². The number of amides is 1. The predicted molar refractivity (Wildman–Crippen MR) is 106 cm³/mol. The molecule has 1 atom stereocenters. The molecule has 26 heavy (non-hydrogen) atoms. The number of halogens is 1. The lowest BCUT2D eigenvalue weighted by Gasteiger charge is -2.15. The average Bonchev–Trinajstić information content (AvgIpc) is 2.64. The second-order valence-electron chi connectivity index (χ2n) is 6.25. The first-order valence-electron chi connectivity index (χ1n) is 8.45. The van der Waals surface area contributed by atoms with Crippen LogP contribution in [0, 0.1) is 0 Å². The number of para-hydroxylation sites is 1. The fourth-order valence-electron chi connectivity index (χ4n) is 2.86. The normalized spacial score (nSPS) is 12.1. The third-order valence-corrected chi connectivity index (χ3v) is 4.93. The Morgan fingerprint density at radius 1 is 1.19 bits per heavy atom. The van der Waals surface area contributed by atoms with Crippen LogP contribution in [0.1, 0.15) is 30.8 Å². The van der Waals surface area contributed by atoms with E-state index in [1.807, 2.05) is 49.4 Å². The molecule has 3 rings (SSSR count). The van der Waals surface area contributed by atoms with E-state index in [0.29, 0.717) is 23.1 Å². The summed E-state index contributed by atoms with van der Waals surface area (Å²) >= 11 is 3.40. The van der Waals surface area contributed by atoms with E-state index in [-0.39, 0.29) is 23.9 Å². The van der Waals surface area contributed by atoms with E-state index in [9.17, 15) is 9.59 Å². The van der Waals surface area contributed by atoms with E-state index in [2.05, 4.69) is 26.2 Å². The monoisotopic (exact) mass is 413 g/mol. The van der Waals surface area contributed by atoms with Crippen LogP contribution in [0.25, 0.3) is 10.9 Å². The second-order valence-corrected chi connectivity index (χ2v) is 7.17. The van der Waals surface area contributed by atoms with E-state index in [1.54, 1.807) is 13.1 Å². The fraction of sp³-hybridized carbons (Fsp3) is 0.250. The van der Waals surface area contributed by atoms with Crippen LogP contribution in [0.3, 0.4) is 0 Å². The third-order valence-electron chi connectivity index (χ3n) is 4.40. The third kappa shape index (κ3) is 4.02. The molecule has 0 bridgehead atoms. The number of carbonyl (C=O) groups excluding carboxylic acids is 1. The number of aromatic nitrogens is 2. The van der Waals surface area contributed by atoms with Gasteiger partial charge in [-0.15, -0.1) is 0 Å². The van der Waals surface area contributed by atoms with Gasteiger partial charge in [0.2, 0.25) is 5.91 Å². The van der Waals surface area contributed by atoms with Crippen molar-refractivity contribution >= 4 is 32.7 Å². The van der Waals surface area contributed by atoms with E-state index in [1.165, 1.54) is 4.57 Å². The van der Waals surface area contributed by atoms with E-state index >= 15 is 0 Å². The minimum atomic E-state index is -0.0887. The highest BCUT2D eigenvalue weighted by atomic mass is 79.9. The summed E-state index contributed by atoms with van der Waals surface area (Å²) in [6.07, 6.45) is 0.689. The number of nitrogens with one attached hydrogen (secondary N) is 1. The van der Waals surface area contributed by atoms with Gasteiger partial charge in [-0.3, -0.25) is 14.2 Å². The van der Waals surface area contributed by atoms with Crippen molar-refractivity contribution in [2.24, 2.45) is 7.05 Å². The van der Waals surface area contributed by atoms with Crippen molar-refractivity contribution in [1.29, 1.82) is 0 Å². The Hall–Kier alpha value is -2.47. The molecule has 0 radical (unpaired) electrons. The van der Waals surface area contributed by atoms with Gasteiger partial charge in [-0.25, -0.2) is 4.98 Å². The van der Waals surface area contributed by atoms with Crippen LogP contribution in [0.15, 0.2) is 57.8 Å². The number of hydrogen-bond donors (Lipinski definition) is 1. The first-order valence-corrected chi connectivity index (χ1v) is 9.24. The minimum absolute atomic E-state index is 0.0668. The topological polar surface area (TPSA) is 64.0 Å². The van der Waals surface area contributed by atoms with Gasteiger partial charge in [0.05, 0.1) is 16.9 Å². The summed E-state index contributed by atoms with van der Waals surface area (Å²) < 4.78 is 2.52. The minimum Gasteiger partial charge on any atom is -0.350 e. The molecule has 0 saturated carbocycles. The van der Waals surface area contributed by atoms with Crippen molar-refractivity contribution < 1.29 is 4.79 Å². The maximum atomic E-state index is 12.4. The van der Waals surface area contributed by atoms with Crippen molar-refractivity contribution in [2.45, 2.75) is 25.8 Å². The molecular weight excluding hydrogens is 394 g/mol. The van der Waals surface area contributed by atoms with Crippen molar-refractivity contribution in [2.75, 3.05) is 0 Å². The molecule has 3 aromatic rings. The summed E-state index contributed by atoms with van der Waals surface area (Å²) in [6.45, 7) is 1.95. The maximum Gasteiger partial charge on any atom is 0.261 e. The summed E-state index contributed by atoms with van der Waals surface area (Å²) in [6, 6.07) is 15.0. The SMILES string of the molecule is C[C@H](NC(=O)CCc1nc2ccccc2c(=O)n1C)c1ccc(Br)cc1. The van der Waals surface area contributed by atoms with Crippen LogP contribution < -0.4 is 10.9 Å². The molecule has 134 valence electrons. The van der Waals surface area contributed by atoms with Crippen molar-refractivity contribution in [3.8, 4) is 0 Å². The quantitative estimate of drug-likeness (QED) is 0.695. The molecule has 0 fully saturated rings. The molecule has 1 amide bonds. The number of rotatable bonds is 5. The Balaban J connectivity index is 1.68. The predicted octanol–water partition coefficient (Wildman–Crippen LogP) is 3.51. The van der Waals surface area contributed by atoms with Gasteiger partial charge in [-0.1, -0.05) is 40.2 Å². The fourth-order valence-corrected chi connectivity index (χ4v) is 3.13. The zero-order chi connectivity index (χ0) is 18.7. The highest BCUT2D eigenvalue weighted by Crippen LogP contribution is 2.16. The highest BCUT2D eigenvalue weighted by molar-refractivity contribution is 9.10. The molecule has 0 unspecified atom stereocenters. The van der Waals surface area contributed by atoms with Gasteiger partial charge in [0, 0.05) is 24.4 Å². The lowest BCUT2D eigenvalue weighted by molar-refractivity contribution is -0.121. The zero-order valence-electron chi connectivity index (χ0n) is 14.7. The molecule has 5 nitrogen and oxygen atoms in total. The van der Waals surface area contributed by atoms with Crippen molar-refractivity contribution in [3.05, 3.63) is 74.7 Å². The van der Waals surface area contributed by atoms with Crippen molar-refractivity contribution in [3.63, 3.8) is 0 Å². The molecule has 0 saturated heterocycles. The maximum absolute atomic E-state index is 12.4. The lowest BCUT2D eigenvalue weighted by atomic mass is 10.1. The summed E-state index contributed by atoms with van der Waals surface area (Å²) in [7, 11) is 1.69. The van der Waals surface area contributed by atoms with Gasteiger partial charge in [-0.2, -0.15) is 0 Å². The smallest absolute Gasteiger partial charge is 0.261 e. The van der Waals surface area contributed by atoms with Gasteiger partial charge < -0.3 is 5.32 Å². The van der Waals surface area contributed by atoms with Crippen LogP contribution in [-0.2, 0) is 18.3 Å². The number of carbonyl (C=O) groups is 1. The standard InChI is InChI=1S/C20H20BrN3O2/c1-13(14-7-9-15(21)10-8-14)22-19(25)12-11-18-23-17-6-4-3-5-16(17)20(26)24(18)2/h3-10,13H,11-12H2,1-2H3,(H,22,25)/t13-/m0/s1. The number of nitrogens with zero attached hydrogens (tertiary/aromatic N) is 2. The lowest BCUT2D eigenvalue weighted by Crippen LogP contribution is -2.28. The van der Waals surface area contributed by atoms with Crippen LogP contribution in [0.4, 0.5) is 0 Å². The molecule has 0 aliphatic rings. The molecule has 1 N–H and O–H groups in total. The Morgan fingerprint density at radius 2 is 1.88 bits per heavy atom. The number of fused-ring (bicyclic) bond motifs is 1. The number of aryl methyl sites for hydroxylation is 1. The Labute approximate surface area is 160 Å². The van der Waals surface area contributed by atoms with Gasteiger partial charge in [-0.05, 0) is 36.8 Å². The average molecular weight is 414 g/mol. The first kappa shape index (κ1) is 18.3. The van der Waals surface area contributed by atoms with Crippen LogP contribution in [0.2, 0.25) is 0 Å². The molecule has 6 heteroatoms. The number of hydrogen-bond acceptors (Lipinski definition) is 3. The van der Waals surface area contributed by atoms with Gasteiger partial charge in [0.15, 0.2) is 0 Å². The largest absolute Gasteiger partial charge is 0.350 e. The van der Waals surface area contributed by atoms with Crippen LogP contribution in [-0.4, -0.2) is 15.5 Å². The Kier molecular flexibility index (Phi) is 5.52. The van der Waals surface area contributed by atoms with Gasteiger partial charge in [0.1, 0.15) is 5.82 Å². The zero-order valence-corrected chi connectivity index (χ0v) is 16.3. The summed E-state index contributed by atoms with van der Waals surface area (Å²) in [4.78, 5) is 29.2. The van der Waals surface area contributed by atoms with Gasteiger partial charge >= 0.3 is 0 Å². The first-order chi connectivity index (χ1) is 12.5. The summed E-state index contributed by atoms with van der Waals surface area (Å²) in [5, 5.41) is 3.58. The molecule has 0 spiro atoms. The van der Waals surface area contributed by atoms with Crippen molar-refractivity contribution in [1.82, 2.24) is 14.9 Å². The number of benzene rings is 2. The summed E-state index contributed by atoms with van der Waals surface area (Å²) in [5.74, 6) is 0.544. The van der Waals surface area contributed by atoms with E-state index in [4.69, 9.17) is 0 Å².